The summed E-state index contributed by atoms with van der Waals surface area (Å²) in [7, 11) is 1.49. The summed E-state index contributed by atoms with van der Waals surface area (Å²) in [6.45, 7) is 3.89. The third kappa shape index (κ3) is 3.44. The van der Waals surface area contributed by atoms with Crippen LogP contribution < -0.4 is 0 Å². The van der Waals surface area contributed by atoms with Crippen LogP contribution in [0.2, 0.25) is 10.2 Å². The van der Waals surface area contributed by atoms with Gasteiger partial charge in [-0.05, 0) is 17.2 Å². The molecule has 1 aromatic carbocycles. The van der Waals surface area contributed by atoms with Gasteiger partial charge in [0, 0.05) is 24.6 Å². The standard InChI is InChI=1S/C17H19Cl2NO2/c1-17(2,16(21)22-3)14(11-7-5-4-6-8-11)12-9-13(18)15(19)20-10-12/h4-10,14,16,21H,1-3H3. The molecule has 0 spiro atoms. The van der Waals surface area contributed by atoms with Crippen LogP contribution in [0.25, 0.3) is 0 Å². The second kappa shape index (κ2) is 6.97. The van der Waals surface area contributed by atoms with Crippen LogP contribution in [0.3, 0.4) is 0 Å². The Morgan fingerprint density at radius 3 is 2.32 bits per heavy atom. The number of hydrogen-bond donors (Lipinski definition) is 1. The summed E-state index contributed by atoms with van der Waals surface area (Å²) < 4.78 is 5.17. The number of nitrogens with zero attached hydrogens (tertiary/aromatic N) is 1. The molecule has 3 nitrogen and oxygen atoms in total. The van der Waals surface area contributed by atoms with Crippen LogP contribution in [0.1, 0.15) is 30.9 Å². The van der Waals surface area contributed by atoms with E-state index >= 15 is 0 Å². The second-order valence-electron chi connectivity index (χ2n) is 5.79. The number of hydrogen-bond acceptors (Lipinski definition) is 3. The zero-order valence-electron chi connectivity index (χ0n) is 12.8. The van der Waals surface area contributed by atoms with Crippen molar-refractivity contribution in [2.75, 3.05) is 7.11 Å². The van der Waals surface area contributed by atoms with Crippen LogP contribution in [-0.4, -0.2) is 23.5 Å². The SMILES string of the molecule is COC(O)C(C)(C)C(c1ccccc1)c1cnc(Cl)c(Cl)c1. The molecule has 22 heavy (non-hydrogen) atoms. The first kappa shape index (κ1) is 17.2. The number of aromatic nitrogens is 1. The lowest BCUT2D eigenvalue weighted by atomic mass is 9.71. The molecule has 0 saturated carbocycles. The van der Waals surface area contributed by atoms with Gasteiger partial charge in [0.15, 0.2) is 6.29 Å². The van der Waals surface area contributed by atoms with Crippen molar-refractivity contribution in [1.82, 2.24) is 4.98 Å². The molecule has 1 heterocycles. The minimum Gasteiger partial charge on any atom is -0.367 e. The fourth-order valence-electron chi connectivity index (χ4n) is 2.74. The third-order valence-corrected chi connectivity index (χ3v) is 4.57. The van der Waals surface area contributed by atoms with Gasteiger partial charge in [-0.2, -0.15) is 0 Å². The number of aliphatic hydroxyl groups is 1. The van der Waals surface area contributed by atoms with E-state index in [1.54, 1.807) is 12.3 Å². The van der Waals surface area contributed by atoms with Crippen molar-refractivity contribution in [3.8, 4) is 0 Å². The third-order valence-electron chi connectivity index (χ3n) is 3.89. The maximum absolute atomic E-state index is 10.3. The summed E-state index contributed by atoms with van der Waals surface area (Å²) >= 11 is 12.0. The fourth-order valence-corrected chi connectivity index (χ4v) is 3.02. The Labute approximate surface area is 140 Å². The molecule has 2 rings (SSSR count). The molecular formula is C17H19Cl2NO2. The summed E-state index contributed by atoms with van der Waals surface area (Å²) in [5, 5.41) is 11.0. The monoisotopic (exact) mass is 339 g/mol. The van der Waals surface area contributed by atoms with Gasteiger partial charge in [0.05, 0.1) is 5.02 Å². The van der Waals surface area contributed by atoms with Gasteiger partial charge in [0.1, 0.15) is 5.15 Å². The highest BCUT2D eigenvalue weighted by Crippen LogP contribution is 2.44. The van der Waals surface area contributed by atoms with Crippen LogP contribution in [0.4, 0.5) is 0 Å². The molecule has 2 unspecified atom stereocenters. The van der Waals surface area contributed by atoms with Gasteiger partial charge in [-0.25, -0.2) is 4.98 Å². The van der Waals surface area contributed by atoms with Crippen molar-refractivity contribution in [1.29, 1.82) is 0 Å². The molecular weight excluding hydrogens is 321 g/mol. The molecule has 0 aliphatic carbocycles. The Kier molecular flexibility index (Phi) is 5.45. The molecule has 2 aromatic rings. The average molecular weight is 340 g/mol. The maximum Gasteiger partial charge on any atom is 0.160 e. The van der Waals surface area contributed by atoms with Crippen molar-refractivity contribution < 1.29 is 9.84 Å². The quantitative estimate of drug-likeness (QED) is 0.643. The molecule has 5 heteroatoms. The molecule has 0 amide bonds. The van der Waals surface area contributed by atoms with Gasteiger partial charge >= 0.3 is 0 Å². The van der Waals surface area contributed by atoms with Crippen LogP contribution >= 0.6 is 23.2 Å². The van der Waals surface area contributed by atoms with E-state index in [1.165, 1.54) is 7.11 Å². The van der Waals surface area contributed by atoms with E-state index in [4.69, 9.17) is 27.9 Å². The van der Waals surface area contributed by atoms with Gasteiger partial charge in [0.2, 0.25) is 0 Å². The zero-order chi connectivity index (χ0) is 16.3. The van der Waals surface area contributed by atoms with Gasteiger partial charge in [-0.1, -0.05) is 67.4 Å². The first-order chi connectivity index (χ1) is 10.4. The summed E-state index contributed by atoms with van der Waals surface area (Å²) in [4.78, 5) is 4.13. The number of benzene rings is 1. The molecule has 0 saturated heterocycles. The van der Waals surface area contributed by atoms with Crippen molar-refractivity contribution in [3.63, 3.8) is 0 Å². The molecule has 0 radical (unpaired) electrons. The minimum atomic E-state index is -0.938. The highest BCUT2D eigenvalue weighted by Gasteiger charge is 2.39. The molecule has 0 aliphatic rings. The molecule has 0 bridgehead atoms. The van der Waals surface area contributed by atoms with Crippen molar-refractivity contribution in [2.45, 2.75) is 26.1 Å². The molecule has 2 atom stereocenters. The Bertz CT molecular complexity index is 632. The lowest BCUT2D eigenvalue weighted by Crippen LogP contribution is -2.37. The number of methoxy groups -OCH3 is 1. The second-order valence-corrected chi connectivity index (χ2v) is 6.56. The van der Waals surface area contributed by atoms with Crippen molar-refractivity contribution in [2.24, 2.45) is 5.41 Å². The largest absolute Gasteiger partial charge is 0.367 e. The molecule has 1 aromatic heterocycles. The number of ether oxygens (including phenoxy) is 1. The van der Waals surface area contributed by atoms with Crippen LogP contribution in [0.5, 0.6) is 0 Å². The Hall–Kier alpha value is -1.13. The van der Waals surface area contributed by atoms with Crippen molar-refractivity contribution in [3.05, 3.63) is 63.9 Å². The smallest absolute Gasteiger partial charge is 0.160 e. The van der Waals surface area contributed by atoms with Gasteiger partial charge in [-0.15, -0.1) is 0 Å². The van der Waals surface area contributed by atoms with Crippen LogP contribution in [0, 0.1) is 5.41 Å². The molecule has 118 valence electrons. The molecule has 0 fully saturated rings. The predicted molar refractivity (Wildman–Crippen MR) is 89.3 cm³/mol. The first-order valence-corrected chi connectivity index (χ1v) is 7.70. The Morgan fingerprint density at radius 2 is 1.77 bits per heavy atom. The summed E-state index contributed by atoms with van der Waals surface area (Å²) in [6.07, 6.45) is 0.753. The molecule has 0 aliphatic heterocycles. The number of pyridine rings is 1. The molecule has 1 N–H and O–H groups in total. The number of aliphatic hydroxyl groups excluding tert-OH is 1. The van der Waals surface area contributed by atoms with E-state index in [-0.39, 0.29) is 11.1 Å². The highest BCUT2D eigenvalue weighted by molar-refractivity contribution is 6.41. The van der Waals surface area contributed by atoms with Gasteiger partial charge in [0.25, 0.3) is 0 Å². The van der Waals surface area contributed by atoms with Crippen LogP contribution in [-0.2, 0) is 4.74 Å². The first-order valence-electron chi connectivity index (χ1n) is 6.94. The predicted octanol–water partition coefficient (Wildman–Crippen LogP) is 4.51. The Balaban J connectivity index is 2.58. The highest BCUT2D eigenvalue weighted by atomic mass is 35.5. The van der Waals surface area contributed by atoms with E-state index in [0.29, 0.717) is 5.02 Å². The maximum atomic E-state index is 10.3. The van der Waals surface area contributed by atoms with Gasteiger partial charge in [-0.3, -0.25) is 0 Å². The fraction of sp³-hybridized carbons (Fsp3) is 0.353. The summed E-state index contributed by atoms with van der Waals surface area (Å²) in [5.74, 6) is -0.147. The minimum absolute atomic E-state index is 0.147. The van der Waals surface area contributed by atoms with Crippen LogP contribution in [0.15, 0.2) is 42.6 Å². The topological polar surface area (TPSA) is 42.4 Å². The average Bonchev–Trinajstić information content (AvgIpc) is 2.51. The van der Waals surface area contributed by atoms with E-state index in [9.17, 15) is 5.11 Å². The van der Waals surface area contributed by atoms with Crippen molar-refractivity contribution >= 4 is 23.2 Å². The van der Waals surface area contributed by atoms with Gasteiger partial charge < -0.3 is 9.84 Å². The lowest BCUT2D eigenvalue weighted by molar-refractivity contribution is -0.150. The lowest BCUT2D eigenvalue weighted by Gasteiger charge is -2.38. The van der Waals surface area contributed by atoms with E-state index in [1.807, 2.05) is 44.2 Å². The summed E-state index contributed by atoms with van der Waals surface area (Å²) in [5.41, 5.74) is 1.33. The normalized spacial score (nSPS) is 14.6. The van der Waals surface area contributed by atoms with E-state index in [2.05, 4.69) is 4.98 Å². The number of halogens is 2. The summed E-state index contributed by atoms with van der Waals surface area (Å²) in [6, 6.07) is 11.7. The van der Waals surface area contributed by atoms with E-state index in [0.717, 1.165) is 11.1 Å². The Morgan fingerprint density at radius 1 is 1.14 bits per heavy atom. The number of rotatable bonds is 5. The zero-order valence-corrected chi connectivity index (χ0v) is 14.3. The van der Waals surface area contributed by atoms with E-state index < -0.39 is 11.7 Å².